The van der Waals surface area contributed by atoms with E-state index in [9.17, 15) is 4.79 Å². The number of nitrogens with zero attached hydrogens (tertiary/aromatic N) is 2. The van der Waals surface area contributed by atoms with Crippen LogP contribution in [0.2, 0.25) is 0 Å². The molecule has 3 unspecified atom stereocenters. The smallest absolute Gasteiger partial charge is 0.225 e. The maximum atomic E-state index is 12.4. The fraction of sp³-hybridized carbons (Fsp3) is 0.765. The third-order valence-corrected chi connectivity index (χ3v) is 5.67. The quantitative estimate of drug-likeness (QED) is 0.867. The van der Waals surface area contributed by atoms with Crippen LogP contribution in [0.4, 0.5) is 5.82 Å². The van der Waals surface area contributed by atoms with E-state index >= 15 is 0 Å². The van der Waals surface area contributed by atoms with Crippen molar-refractivity contribution >= 4 is 24.1 Å². The first-order valence-corrected chi connectivity index (χ1v) is 8.78. The molecule has 3 heterocycles. The molecule has 1 amide bonds. The van der Waals surface area contributed by atoms with Crippen LogP contribution in [0.3, 0.4) is 0 Å². The van der Waals surface area contributed by atoms with Crippen LogP contribution in [-0.2, 0) is 4.79 Å². The average Bonchev–Trinajstić information content (AvgIpc) is 3.16. The molecule has 23 heavy (non-hydrogen) atoms. The summed E-state index contributed by atoms with van der Waals surface area (Å²) in [6, 6.07) is 3.61. The van der Waals surface area contributed by atoms with Gasteiger partial charge in [-0.1, -0.05) is 0 Å². The number of amides is 1. The van der Waals surface area contributed by atoms with Gasteiger partial charge < -0.3 is 10.6 Å². The molecule has 3 atom stereocenters. The SMILES string of the molecule is CC(C1CC1)n1nccc1NC(=O)CC1CC2CCC(C1)N2.Cl. The molecule has 0 aromatic carbocycles. The summed E-state index contributed by atoms with van der Waals surface area (Å²) in [5.41, 5.74) is 0. The van der Waals surface area contributed by atoms with Gasteiger partial charge in [0.1, 0.15) is 5.82 Å². The molecule has 0 spiro atoms. The number of aromatic nitrogens is 2. The Morgan fingerprint density at radius 3 is 2.70 bits per heavy atom. The first kappa shape index (κ1) is 16.8. The molecular weight excluding hydrogens is 312 g/mol. The molecule has 3 fully saturated rings. The van der Waals surface area contributed by atoms with Gasteiger partial charge in [-0.05, 0) is 57.3 Å². The molecular formula is C17H27ClN4O. The number of nitrogens with one attached hydrogen (secondary N) is 2. The summed E-state index contributed by atoms with van der Waals surface area (Å²) in [7, 11) is 0. The van der Waals surface area contributed by atoms with Gasteiger partial charge in [0.05, 0.1) is 12.2 Å². The molecule has 3 aliphatic rings. The van der Waals surface area contributed by atoms with Crippen molar-refractivity contribution in [3.8, 4) is 0 Å². The van der Waals surface area contributed by atoms with Crippen molar-refractivity contribution in [2.75, 3.05) is 5.32 Å². The topological polar surface area (TPSA) is 59.0 Å². The highest BCUT2D eigenvalue weighted by atomic mass is 35.5. The average molecular weight is 339 g/mol. The number of fused-ring (bicyclic) bond motifs is 2. The maximum absolute atomic E-state index is 12.4. The molecule has 5 nitrogen and oxygen atoms in total. The van der Waals surface area contributed by atoms with E-state index in [4.69, 9.17) is 0 Å². The van der Waals surface area contributed by atoms with E-state index in [1.54, 1.807) is 6.20 Å². The lowest BCUT2D eigenvalue weighted by Crippen LogP contribution is -2.39. The summed E-state index contributed by atoms with van der Waals surface area (Å²) in [6.07, 6.45) is 9.89. The van der Waals surface area contributed by atoms with E-state index in [2.05, 4.69) is 22.7 Å². The van der Waals surface area contributed by atoms with Gasteiger partial charge in [0.25, 0.3) is 0 Å². The van der Waals surface area contributed by atoms with Gasteiger partial charge in [-0.3, -0.25) is 4.79 Å². The van der Waals surface area contributed by atoms with Crippen molar-refractivity contribution in [3.63, 3.8) is 0 Å². The Morgan fingerprint density at radius 2 is 2.04 bits per heavy atom. The highest BCUT2D eigenvalue weighted by molar-refractivity contribution is 5.90. The number of halogens is 1. The predicted molar refractivity (Wildman–Crippen MR) is 92.8 cm³/mol. The van der Waals surface area contributed by atoms with Crippen LogP contribution in [0.1, 0.15) is 57.9 Å². The van der Waals surface area contributed by atoms with Crippen molar-refractivity contribution < 1.29 is 4.79 Å². The molecule has 2 bridgehead atoms. The molecule has 2 aliphatic heterocycles. The standard InChI is InChI=1S/C17H26N4O.ClH/c1-11(13-2-3-13)21-16(6-7-18-21)20-17(22)10-12-8-14-4-5-15(9-12)19-14;/h6-7,11-15,19H,2-5,8-10H2,1H3,(H,20,22);1H. The fourth-order valence-electron chi connectivity index (χ4n) is 4.31. The van der Waals surface area contributed by atoms with Gasteiger partial charge in [0.15, 0.2) is 0 Å². The zero-order valence-corrected chi connectivity index (χ0v) is 14.5. The Labute approximate surface area is 144 Å². The lowest BCUT2D eigenvalue weighted by Gasteiger charge is -2.28. The molecule has 4 rings (SSSR count). The molecule has 1 aliphatic carbocycles. The van der Waals surface area contributed by atoms with Gasteiger partial charge in [0, 0.05) is 24.6 Å². The van der Waals surface area contributed by atoms with Gasteiger partial charge in [0.2, 0.25) is 5.91 Å². The largest absolute Gasteiger partial charge is 0.311 e. The first-order valence-electron chi connectivity index (χ1n) is 8.78. The molecule has 1 aromatic rings. The number of hydrogen-bond acceptors (Lipinski definition) is 3. The van der Waals surface area contributed by atoms with Crippen molar-refractivity contribution in [3.05, 3.63) is 12.3 Å². The zero-order valence-electron chi connectivity index (χ0n) is 13.7. The third kappa shape index (κ3) is 3.72. The predicted octanol–water partition coefficient (Wildman–Crippen LogP) is 3.14. The Bertz CT molecular complexity index is 545. The van der Waals surface area contributed by atoms with Gasteiger partial charge in [-0.15, -0.1) is 12.4 Å². The van der Waals surface area contributed by atoms with E-state index < -0.39 is 0 Å². The van der Waals surface area contributed by atoms with Gasteiger partial charge >= 0.3 is 0 Å². The van der Waals surface area contributed by atoms with Crippen LogP contribution in [-0.4, -0.2) is 27.8 Å². The van der Waals surface area contributed by atoms with Crippen molar-refractivity contribution in [2.45, 2.75) is 70.0 Å². The minimum Gasteiger partial charge on any atom is -0.311 e. The van der Waals surface area contributed by atoms with Crippen LogP contribution in [0.5, 0.6) is 0 Å². The number of piperidine rings is 1. The Morgan fingerprint density at radius 1 is 1.35 bits per heavy atom. The second-order valence-electron chi connectivity index (χ2n) is 7.47. The molecule has 1 saturated carbocycles. The normalized spacial score (nSPS) is 30.6. The minimum absolute atomic E-state index is 0. The molecule has 1 aromatic heterocycles. The monoisotopic (exact) mass is 338 g/mol. The Hall–Kier alpha value is -1.07. The van der Waals surface area contributed by atoms with E-state index in [-0.39, 0.29) is 18.3 Å². The van der Waals surface area contributed by atoms with Crippen LogP contribution in [0, 0.1) is 11.8 Å². The Kier molecular flexibility index (Phi) is 4.97. The van der Waals surface area contributed by atoms with E-state index in [1.165, 1.54) is 25.7 Å². The number of anilines is 1. The fourth-order valence-corrected chi connectivity index (χ4v) is 4.31. The first-order chi connectivity index (χ1) is 10.7. The second-order valence-corrected chi connectivity index (χ2v) is 7.47. The number of hydrogen-bond donors (Lipinski definition) is 2. The summed E-state index contributed by atoms with van der Waals surface area (Å²) in [5, 5.41) is 11.1. The van der Waals surface area contributed by atoms with E-state index in [0.717, 1.165) is 24.6 Å². The second kappa shape index (κ2) is 6.81. The summed E-state index contributed by atoms with van der Waals surface area (Å²) in [5.74, 6) is 2.28. The highest BCUT2D eigenvalue weighted by Gasteiger charge is 2.34. The number of rotatable bonds is 5. The van der Waals surface area contributed by atoms with Gasteiger partial charge in [-0.25, -0.2) is 4.68 Å². The third-order valence-electron chi connectivity index (χ3n) is 5.67. The zero-order chi connectivity index (χ0) is 15.1. The van der Waals surface area contributed by atoms with Crippen molar-refractivity contribution in [1.82, 2.24) is 15.1 Å². The molecule has 0 radical (unpaired) electrons. The van der Waals surface area contributed by atoms with Crippen LogP contribution < -0.4 is 10.6 Å². The van der Waals surface area contributed by atoms with Crippen LogP contribution >= 0.6 is 12.4 Å². The van der Waals surface area contributed by atoms with Crippen LogP contribution in [0.25, 0.3) is 0 Å². The maximum Gasteiger partial charge on any atom is 0.225 e. The van der Waals surface area contributed by atoms with E-state index in [1.807, 2.05) is 10.7 Å². The lowest BCUT2D eigenvalue weighted by atomic mass is 9.89. The minimum atomic E-state index is 0. The van der Waals surface area contributed by atoms with Gasteiger partial charge in [-0.2, -0.15) is 5.10 Å². The summed E-state index contributed by atoms with van der Waals surface area (Å²) < 4.78 is 1.99. The summed E-state index contributed by atoms with van der Waals surface area (Å²) in [6.45, 7) is 2.20. The molecule has 128 valence electrons. The molecule has 2 saturated heterocycles. The summed E-state index contributed by atoms with van der Waals surface area (Å²) >= 11 is 0. The Balaban J connectivity index is 0.00000156. The van der Waals surface area contributed by atoms with E-state index in [0.29, 0.717) is 30.5 Å². The number of carbonyl (C=O) groups is 1. The van der Waals surface area contributed by atoms with Crippen LogP contribution in [0.15, 0.2) is 12.3 Å². The van der Waals surface area contributed by atoms with Crippen molar-refractivity contribution in [2.24, 2.45) is 11.8 Å². The number of carbonyl (C=O) groups excluding carboxylic acids is 1. The molecule has 6 heteroatoms. The summed E-state index contributed by atoms with van der Waals surface area (Å²) in [4.78, 5) is 12.4. The van der Waals surface area contributed by atoms with Crippen molar-refractivity contribution in [1.29, 1.82) is 0 Å². The highest BCUT2D eigenvalue weighted by Crippen LogP contribution is 2.40. The molecule has 2 N–H and O–H groups in total. The lowest BCUT2D eigenvalue weighted by molar-refractivity contribution is -0.117.